The predicted molar refractivity (Wildman–Crippen MR) is 100 cm³/mol. The van der Waals surface area contributed by atoms with E-state index < -0.39 is 16.0 Å². The standard InChI is InChI=1S/C18H18BrNO4S/c1-3-24-18(21)12-17(14-5-4-6-15(19)11-14)20-25(22,23)16-9-7-13(2)8-10-16/h4-12,20H,3H2,1-2H3/b17-12-. The molecule has 0 radical (unpaired) electrons. The lowest BCUT2D eigenvalue weighted by atomic mass is 10.1. The Hall–Kier alpha value is -2.12. The number of esters is 1. The van der Waals surface area contributed by atoms with Crippen LogP contribution in [0.5, 0.6) is 0 Å². The molecule has 0 spiro atoms. The highest BCUT2D eigenvalue weighted by molar-refractivity contribution is 9.10. The first-order valence-corrected chi connectivity index (χ1v) is 9.83. The van der Waals surface area contributed by atoms with E-state index in [1.165, 1.54) is 12.1 Å². The Morgan fingerprint density at radius 1 is 1.20 bits per heavy atom. The second kappa shape index (κ2) is 8.31. The van der Waals surface area contributed by atoms with E-state index >= 15 is 0 Å². The van der Waals surface area contributed by atoms with Crippen molar-refractivity contribution in [1.82, 2.24) is 4.72 Å². The second-order valence-electron chi connectivity index (χ2n) is 5.24. The molecule has 0 bridgehead atoms. The van der Waals surface area contributed by atoms with Crippen LogP contribution in [0.2, 0.25) is 0 Å². The van der Waals surface area contributed by atoms with Crippen LogP contribution < -0.4 is 4.72 Å². The number of nitrogens with one attached hydrogen (secondary N) is 1. The molecule has 0 aliphatic carbocycles. The van der Waals surface area contributed by atoms with Gasteiger partial charge in [-0.3, -0.25) is 4.72 Å². The number of carbonyl (C=O) groups excluding carboxylic acids is 1. The van der Waals surface area contributed by atoms with Gasteiger partial charge in [-0.25, -0.2) is 13.2 Å². The molecule has 7 heteroatoms. The first-order valence-electron chi connectivity index (χ1n) is 7.55. The van der Waals surface area contributed by atoms with E-state index in [2.05, 4.69) is 20.7 Å². The van der Waals surface area contributed by atoms with E-state index in [9.17, 15) is 13.2 Å². The molecule has 2 aromatic rings. The third-order valence-electron chi connectivity index (χ3n) is 3.26. The zero-order valence-electron chi connectivity index (χ0n) is 13.8. The summed E-state index contributed by atoms with van der Waals surface area (Å²) in [4.78, 5) is 11.9. The number of sulfonamides is 1. The maximum Gasteiger partial charge on any atom is 0.332 e. The van der Waals surface area contributed by atoms with Crippen LogP contribution in [-0.2, 0) is 19.6 Å². The van der Waals surface area contributed by atoms with Crippen molar-refractivity contribution in [3.63, 3.8) is 0 Å². The lowest BCUT2D eigenvalue weighted by Gasteiger charge is -2.13. The Labute approximate surface area is 155 Å². The van der Waals surface area contributed by atoms with Crippen LogP contribution in [0.25, 0.3) is 5.70 Å². The van der Waals surface area contributed by atoms with Crippen LogP contribution in [0.15, 0.2) is 64.0 Å². The van der Waals surface area contributed by atoms with Gasteiger partial charge >= 0.3 is 5.97 Å². The van der Waals surface area contributed by atoms with Crippen LogP contribution >= 0.6 is 15.9 Å². The molecule has 0 saturated carbocycles. The van der Waals surface area contributed by atoms with Gasteiger partial charge in [0.15, 0.2) is 0 Å². The van der Waals surface area contributed by atoms with Gasteiger partial charge < -0.3 is 4.74 Å². The van der Waals surface area contributed by atoms with Crippen molar-refractivity contribution in [2.45, 2.75) is 18.7 Å². The molecule has 0 fully saturated rings. The van der Waals surface area contributed by atoms with Gasteiger partial charge in [-0.05, 0) is 43.7 Å². The molecule has 2 aromatic carbocycles. The maximum atomic E-state index is 12.6. The molecular weight excluding hydrogens is 406 g/mol. The maximum absolute atomic E-state index is 12.6. The van der Waals surface area contributed by atoms with Gasteiger partial charge in [0.05, 0.1) is 17.2 Å². The summed E-state index contributed by atoms with van der Waals surface area (Å²) in [6, 6.07) is 13.4. The highest BCUT2D eigenvalue weighted by atomic mass is 79.9. The smallest absolute Gasteiger partial charge is 0.332 e. The van der Waals surface area contributed by atoms with E-state index in [0.717, 1.165) is 16.1 Å². The molecule has 0 aromatic heterocycles. The van der Waals surface area contributed by atoms with Crippen molar-refractivity contribution < 1.29 is 17.9 Å². The van der Waals surface area contributed by atoms with Crippen molar-refractivity contribution in [2.75, 3.05) is 6.61 Å². The van der Waals surface area contributed by atoms with Crippen molar-refractivity contribution in [3.05, 3.63) is 70.2 Å². The molecular formula is C18H18BrNO4S. The van der Waals surface area contributed by atoms with Gasteiger partial charge in [0, 0.05) is 10.5 Å². The van der Waals surface area contributed by atoms with Gasteiger partial charge in [-0.15, -0.1) is 0 Å². The summed E-state index contributed by atoms with van der Waals surface area (Å²) in [5.74, 6) is -0.621. The molecule has 5 nitrogen and oxygen atoms in total. The zero-order chi connectivity index (χ0) is 18.4. The Bertz CT molecular complexity index is 890. The molecule has 0 atom stereocenters. The first kappa shape index (κ1) is 19.2. The van der Waals surface area contributed by atoms with E-state index in [1.54, 1.807) is 43.3 Å². The third kappa shape index (κ3) is 5.44. The molecule has 0 unspecified atom stereocenters. The monoisotopic (exact) mass is 423 g/mol. The summed E-state index contributed by atoms with van der Waals surface area (Å²) < 4.78 is 33.4. The van der Waals surface area contributed by atoms with Gasteiger partial charge in [0.1, 0.15) is 0 Å². The Kier molecular flexibility index (Phi) is 6.39. The molecule has 0 heterocycles. The third-order valence-corrected chi connectivity index (χ3v) is 5.13. The Morgan fingerprint density at radius 3 is 2.48 bits per heavy atom. The fraction of sp³-hybridized carbons (Fsp3) is 0.167. The summed E-state index contributed by atoms with van der Waals surface area (Å²) in [6.07, 6.45) is 1.14. The number of rotatable bonds is 6. The van der Waals surface area contributed by atoms with Crippen LogP contribution in [-0.4, -0.2) is 21.0 Å². The molecule has 1 N–H and O–H groups in total. The van der Waals surface area contributed by atoms with Crippen molar-refractivity contribution in [1.29, 1.82) is 0 Å². The van der Waals surface area contributed by atoms with Crippen molar-refractivity contribution >= 4 is 37.6 Å². The van der Waals surface area contributed by atoms with E-state index in [0.29, 0.717) is 5.56 Å². The summed E-state index contributed by atoms with van der Waals surface area (Å²) >= 11 is 3.34. The van der Waals surface area contributed by atoms with Gasteiger partial charge in [-0.1, -0.05) is 45.8 Å². The van der Waals surface area contributed by atoms with Crippen LogP contribution in [0.4, 0.5) is 0 Å². The minimum Gasteiger partial charge on any atom is -0.463 e. The van der Waals surface area contributed by atoms with Crippen molar-refractivity contribution in [2.24, 2.45) is 0 Å². The number of carbonyl (C=O) groups is 1. The normalized spacial score (nSPS) is 11.9. The topological polar surface area (TPSA) is 72.5 Å². The number of halogens is 1. The van der Waals surface area contributed by atoms with Crippen LogP contribution in [0.1, 0.15) is 18.1 Å². The summed E-state index contributed by atoms with van der Waals surface area (Å²) in [7, 11) is -3.84. The average Bonchev–Trinajstić information content (AvgIpc) is 2.54. The second-order valence-corrected chi connectivity index (χ2v) is 7.84. The van der Waals surface area contributed by atoms with Gasteiger partial charge in [0.2, 0.25) is 0 Å². The lowest BCUT2D eigenvalue weighted by Crippen LogP contribution is -2.23. The highest BCUT2D eigenvalue weighted by Gasteiger charge is 2.17. The molecule has 0 aliphatic rings. The first-order chi connectivity index (χ1) is 11.8. The minimum absolute atomic E-state index is 0.114. The number of ether oxygens (including phenoxy) is 1. The predicted octanol–water partition coefficient (Wildman–Crippen LogP) is 3.64. The number of benzene rings is 2. The highest BCUT2D eigenvalue weighted by Crippen LogP contribution is 2.20. The average molecular weight is 424 g/mol. The molecule has 132 valence electrons. The molecule has 2 rings (SSSR count). The fourth-order valence-corrected chi connectivity index (χ4v) is 3.53. The number of hydrogen-bond acceptors (Lipinski definition) is 4. The molecule has 25 heavy (non-hydrogen) atoms. The van der Waals surface area contributed by atoms with Crippen LogP contribution in [0.3, 0.4) is 0 Å². The molecule has 0 amide bonds. The zero-order valence-corrected chi connectivity index (χ0v) is 16.2. The fourth-order valence-electron chi connectivity index (χ4n) is 2.05. The van der Waals surface area contributed by atoms with Gasteiger partial charge in [0.25, 0.3) is 10.0 Å². The SMILES string of the molecule is CCOC(=O)/C=C(\NS(=O)(=O)c1ccc(C)cc1)c1cccc(Br)c1. The summed E-state index contributed by atoms with van der Waals surface area (Å²) in [5, 5.41) is 0. The number of aryl methyl sites for hydroxylation is 1. The molecule has 0 aliphatic heterocycles. The quantitative estimate of drug-likeness (QED) is 0.568. The van der Waals surface area contributed by atoms with E-state index in [4.69, 9.17) is 4.74 Å². The summed E-state index contributed by atoms with van der Waals surface area (Å²) in [5.41, 5.74) is 1.63. The van der Waals surface area contributed by atoms with Crippen LogP contribution in [0, 0.1) is 6.92 Å². The summed E-state index contributed by atoms with van der Waals surface area (Å²) in [6.45, 7) is 3.75. The number of hydrogen-bond donors (Lipinski definition) is 1. The minimum atomic E-state index is -3.84. The van der Waals surface area contributed by atoms with E-state index in [1.807, 2.05) is 6.92 Å². The largest absolute Gasteiger partial charge is 0.463 e. The Balaban J connectivity index is 2.42. The van der Waals surface area contributed by atoms with Crippen molar-refractivity contribution in [3.8, 4) is 0 Å². The molecule has 0 saturated heterocycles. The van der Waals surface area contributed by atoms with Gasteiger partial charge in [-0.2, -0.15) is 0 Å². The Morgan fingerprint density at radius 2 is 1.88 bits per heavy atom. The van der Waals surface area contributed by atoms with E-state index in [-0.39, 0.29) is 17.2 Å². The lowest BCUT2D eigenvalue weighted by molar-refractivity contribution is -0.137.